The number of hydrogen-bond acceptors (Lipinski definition) is 2. The van der Waals surface area contributed by atoms with Gasteiger partial charge in [0.2, 0.25) is 0 Å². The Balaban J connectivity index is 2.75. The van der Waals surface area contributed by atoms with Crippen LogP contribution < -0.4 is 0 Å². The van der Waals surface area contributed by atoms with Gasteiger partial charge in [-0.2, -0.15) is 12.6 Å². The molecule has 0 saturated carbocycles. The number of thioether (sulfide) groups is 1. The van der Waals surface area contributed by atoms with E-state index in [2.05, 4.69) is 12.6 Å². The summed E-state index contributed by atoms with van der Waals surface area (Å²) in [4.78, 5) is 1.17. The van der Waals surface area contributed by atoms with E-state index in [0.717, 1.165) is 10.1 Å². The van der Waals surface area contributed by atoms with Gasteiger partial charge in [-0.05, 0) is 18.2 Å². The van der Waals surface area contributed by atoms with Crippen LogP contribution in [0.1, 0.15) is 0 Å². The number of rotatable bonds is 2. The molecule has 0 aliphatic rings. The minimum absolute atomic E-state index is 0.784. The summed E-state index contributed by atoms with van der Waals surface area (Å²) in [5.41, 5.74) is 0. The number of benzene rings is 1. The molecule has 0 saturated heterocycles. The summed E-state index contributed by atoms with van der Waals surface area (Å²) >= 11 is 11.5. The number of thiol groups is 1. The Labute approximate surface area is 75.4 Å². The van der Waals surface area contributed by atoms with Crippen LogP contribution in [0.15, 0.2) is 29.2 Å². The van der Waals surface area contributed by atoms with E-state index in [1.165, 1.54) is 4.90 Å². The molecule has 0 fully saturated rings. The Morgan fingerprint density at radius 3 is 2.90 bits per heavy atom. The first-order valence-corrected chi connectivity index (χ1v) is 4.82. The summed E-state index contributed by atoms with van der Waals surface area (Å²) in [5, 5.41) is 1.58. The lowest BCUT2D eigenvalue weighted by Crippen LogP contribution is -1.69. The summed E-state index contributed by atoms with van der Waals surface area (Å²) in [7, 11) is 0. The molecule has 54 valence electrons. The summed E-state index contributed by atoms with van der Waals surface area (Å²) < 4.78 is 0. The van der Waals surface area contributed by atoms with Crippen LogP contribution in [-0.4, -0.2) is 5.08 Å². The van der Waals surface area contributed by atoms with E-state index in [-0.39, 0.29) is 0 Å². The second-order valence-corrected chi connectivity index (χ2v) is 3.96. The van der Waals surface area contributed by atoms with E-state index in [1.807, 2.05) is 24.3 Å². The quantitative estimate of drug-likeness (QED) is 0.424. The smallest absolute Gasteiger partial charge is 0.0417 e. The highest BCUT2D eigenvalue weighted by atomic mass is 35.5. The Morgan fingerprint density at radius 2 is 2.30 bits per heavy atom. The van der Waals surface area contributed by atoms with Crippen molar-refractivity contribution in [2.24, 2.45) is 0 Å². The van der Waals surface area contributed by atoms with Crippen LogP contribution in [0.2, 0.25) is 5.02 Å². The summed E-state index contributed by atoms with van der Waals surface area (Å²) in [5.74, 6) is 0. The molecule has 0 amide bonds. The van der Waals surface area contributed by atoms with Crippen LogP contribution >= 0.6 is 36.0 Å². The molecule has 0 unspecified atom stereocenters. The predicted molar refractivity (Wildman–Crippen MR) is 51.2 cm³/mol. The monoisotopic (exact) mass is 190 g/mol. The highest BCUT2D eigenvalue weighted by Crippen LogP contribution is 2.21. The first-order chi connectivity index (χ1) is 4.83. The average Bonchev–Trinajstić information content (AvgIpc) is 1.88. The van der Waals surface area contributed by atoms with Gasteiger partial charge in [0.15, 0.2) is 0 Å². The fourth-order valence-electron chi connectivity index (χ4n) is 0.631. The molecule has 0 aliphatic carbocycles. The van der Waals surface area contributed by atoms with Crippen molar-refractivity contribution in [3.05, 3.63) is 29.3 Å². The molecule has 0 radical (unpaired) electrons. The van der Waals surface area contributed by atoms with Crippen LogP contribution in [0.4, 0.5) is 0 Å². The molecule has 0 nitrogen and oxygen atoms in total. The van der Waals surface area contributed by atoms with Gasteiger partial charge in [-0.25, -0.2) is 0 Å². The van der Waals surface area contributed by atoms with E-state index < -0.39 is 0 Å². The minimum atomic E-state index is 0.784. The Morgan fingerprint density at radius 1 is 1.50 bits per heavy atom. The van der Waals surface area contributed by atoms with E-state index in [4.69, 9.17) is 11.6 Å². The van der Waals surface area contributed by atoms with E-state index in [9.17, 15) is 0 Å². The van der Waals surface area contributed by atoms with E-state index in [1.54, 1.807) is 11.8 Å². The topological polar surface area (TPSA) is 0 Å². The lowest BCUT2D eigenvalue weighted by molar-refractivity contribution is 1.47. The normalized spacial score (nSPS) is 9.80. The van der Waals surface area contributed by atoms with Gasteiger partial charge in [0.05, 0.1) is 0 Å². The molecule has 0 aliphatic heterocycles. The molecule has 0 atom stereocenters. The minimum Gasteiger partial charge on any atom is -0.168 e. The SMILES string of the molecule is SCSc1cccc(Cl)c1. The van der Waals surface area contributed by atoms with Gasteiger partial charge in [0, 0.05) is 15.0 Å². The molecule has 1 rings (SSSR count). The van der Waals surface area contributed by atoms with Crippen molar-refractivity contribution in [1.29, 1.82) is 0 Å². The number of hydrogen-bond donors (Lipinski definition) is 1. The maximum absolute atomic E-state index is 5.74. The second-order valence-electron chi connectivity index (χ2n) is 1.73. The summed E-state index contributed by atoms with van der Waals surface area (Å²) in [6, 6.07) is 7.76. The van der Waals surface area contributed by atoms with Crippen LogP contribution in [0, 0.1) is 0 Å². The zero-order valence-corrected chi connectivity index (χ0v) is 7.72. The van der Waals surface area contributed by atoms with Crippen LogP contribution in [0.5, 0.6) is 0 Å². The summed E-state index contributed by atoms with van der Waals surface area (Å²) in [6.45, 7) is 0. The van der Waals surface area contributed by atoms with Crippen molar-refractivity contribution in [2.45, 2.75) is 4.90 Å². The van der Waals surface area contributed by atoms with Crippen molar-refractivity contribution in [2.75, 3.05) is 5.08 Å². The van der Waals surface area contributed by atoms with Crippen LogP contribution in [0.25, 0.3) is 0 Å². The van der Waals surface area contributed by atoms with Crippen LogP contribution in [-0.2, 0) is 0 Å². The first kappa shape index (κ1) is 8.31. The Hall–Kier alpha value is 0.210. The third-order valence-electron chi connectivity index (χ3n) is 1.03. The second kappa shape index (κ2) is 4.16. The molecular formula is C7H7ClS2. The molecular weight excluding hydrogens is 184 g/mol. The molecule has 0 spiro atoms. The first-order valence-electron chi connectivity index (χ1n) is 2.82. The zero-order valence-electron chi connectivity index (χ0n) is 5.25. The molecule has 0 heterocycles. The van der Waals surface area contributed by atoms with Gasteiger partial charge in [-0.15, -0.1) is 11.8 Å². The molecule has 0 aromatic heterocycles. The van der Waals surface area contributed by atoms with Crippen molar-refractivity contribution in [3.8, 4) is 0 Å². The van der Waals surface area contributed by atoms with Gasteiger partial charge in [-0.1, -0.05) is 17.7 Å². The zero-order chi connectivity index (χ0) is 7.40. The van der Waals surface area contributed by atoms with Gasteiger partial charge in [0.25, 0.3) is 0 Å². The largest absolute Gasteiger partial charge is 0.168 e. The Bertz CT molecular complexity index is 213. The molecule has 0 N–H and O–H groups in total. The molecule has 1 aromatic rings. The average molecular weight is 191 g/mol. The lowest BCUT2D eigenvalue weighted by Gasteiger charge is -1.96. The van der Waals surface area contributed by atoms with Gasteiger partial charge in [0.1, 0.15) is 0 Å². The number of halogens is 1. The summed E-state index contributed by atoms with van der Waals surface area (Å²) in [6.07, 6.45) is 0. The van der Waals surface area contributed by atoms with E-state index in [0.29, 0.717) is 0 Å². The third-order valence-corrected chi connectivity index (χ3v) is 2.37. The molecule has 0 bridgehead atoms. The highest BCUT2D eigenvalue weighted by Gasteiger charge is 1.91. The van der Waals surface area contributed by atoms with Gasteiger partial charge in [-0.3, -0.25) is 0 Å². The maximum Gasteiger partial charge on any atom is 0.0417 e. The van der Waals surface area contributed by atoms with Crippen molar-refractivity contribution in [3.63, 3.8) is 0 Å². The lowest BCUT2D eigenvalue weighted by atomic mass is 10.4. The maximum atomic E-state index is 5.74. The molecule has 10 heavy (non-hydrogen) atoms. The Kier molecular flexibility index (Phi) is 3.46. The standard InChI is InChI=1S/C7H7ClS2/c8-6-2-1-3-7(4-6)10-5-9/h1-4,9H,5H2. The molecule has 1 aromatic carbocycles. The van der Waals surface area contributed by atoms with Gasteiger partial charge < -0.3 is 0 Å². The van der Waals surface area contributed by atoms with Crippen molar-refractivity contribution < 1.29 is 0 Å². The fraction of sp³-hybridized carbons (Fsp3) is 0.143. The third kappa shape index (κ3) is 2.45. The molecule has 3 heteroatoms. The van der Waals surface area contributed by atoms with Gasteiger partial charge >= 0.3 is 0 Å². The van der Waals surface area contributed by atoms with Crippen molar-refractivity contribution in [1.82, 2.24) is 0 Å². The van der Waals surface area contributed by atoms with Crippen molar-refractivity contribution >= 4 is 36.0 Å². The fourth-order valence-corrected chi connectivity index (χ4v) is 1.87. The van der Waals surface area contributed by atoms with E-state index >= 15 is 0 Å². The highest BCUT2D eigenvalue weighted by molar-refractivity contribution is 8.09. The predicted octanol–water partition coefficient (Wildman–Crippen LogP) is 3.32. The van der Waals surface area contributed by atoms with Crippen LogP contribution in [0.3, 0.4) is 0 Å².